The molecule has 0 atom stereocenters. The number of nitrogens with one attached hydrogen (secondary N) is 2. The van der Waals surface area contributed by atoms with Gasteiger partial charge >= 0.3 is 6.18 Å². The van der Waals surface area contributed by atoms with Gasteiger partial charge in [0.1, 0.15) is 11.5 Å². The molecule has 1 fully saturated rings. The number of nitriles is 1. The van der Waals surface area contributed by atoms with Gasteiger partial charge in [0.05, 0.1) is 16.5 Å². The Kier molecular flexibility index (Phi) is 10.4. The summed E-state index contributed by atoms with van der Waals surface area (Å²) in [5.74, 6) is -0.365. The van der Waals surface area contributed by atoms with Crippen molar-refractivity contribution in [2.75, 3.05) is 56.0 Å². The van der Waals surface area contributed by atoms with Gasteiger partial charge < -0.3 is 21.3 Å². The average molecular weight is 616 g/mol. The quantitative estimate of drug-likeness (QED) is 0.279. The first kappa shape index (κ1) is 31.9. The number of hydrogen-bond donors (Lipinski definition) is 3. The van der Waals surface area contributed by atoms with Crippen LogP contribution in [0.4, 0.5) is 24.7 Å². The van der Waals surface area contributed by atoms with E-state index in [1.807, 2.05) is 12.1 Å². The zero-order chi connectivity index (χ0) is 31.0. The Morgan fingerprint density at radius 2 is 1.67 bits per heavy atom. The largest absolute Gasteiger partial charge is 0.433 e. The number of carbonyl (C=O) groups is 1. The maximum Gasteiger partial charge on any atom is 0.433 e. The average Bonchev–Trinajstić information content (AvgIpc) is 3.01. The van der Waals surface area contributed by atoms with Crippen LogP contribution in [0.3, 0.4) is 0 Å². The molecule has 4 N–H and O–H groups in total. The maximum atomic E-state index is 13.2. The van der Waals surface area contributed by atoms with Crippen LogP contribution >= 0.6 is 0 Å². The van der Waals surface area contributed by atoms with E-state index in [-0.39, 0.29) is 48.4 Å². The van der Waals surface area contributed by atoms with Gasteiger partial charge in [0, 0.05) is 37.4 Å². The van der Waals surface area contributed by atoms with Crippen molar-refractivity contribution in [2.24, 2.45) is 5.73 Å². The number of pyridine rings is 1. The van der Waals surface area contributed by atoms with Crippen LogP contribution in [0, 0.1) is 11.3 Å². The van der Waals surface area contributed by atoms with Crippen LogP contribution in [0.1, 0.15) is 33.6 Å². The minimum atomic E-state index is -4.72. The number of sulfonamides is 1. The van der Waals surface area contributed by atoms with Gasteiger partial charge in [0.2, 0.25) is 10.0 Å². The standard InChI is InChI=1S/C29H32F3N7O3S/c30-29(31,32)26-18-22(20-34)19-27(37-26)38-14-16-39(17-15-38)43(41,42)25-8-6-24(7-9-25)36-28(40)23-4-2-21(3-5-23)10-13-35-12-1-11-33/h2-9,18-19,35H,1,10-17,33H2,(H,36,40). The zero-order valence-electron chi connectivity index (χ0n) is 23.3. The van der Waals surface area contributed by atoms with E-state index >= 15 is 0 Å². The molecule has 2 aromatic carbocycles. The van der Waals surface area contributed by atoms with Gasteiger partial charge in [-0.05, 0) is 86.6 Å². The van der Waals surface area contributed by atoms with E-state index in [4.69, 9.17) is 11.0 Å². The predicted octanol–water partition coefficient (Wildman–Crippen LogP) is 3.22. The summed E-state index contributed by atoms with van der Waals surface area (Å²) in [6, 6.07) is 16.7. The molecule has 0 radical (unpaired) electrons. The molecule has 10 nitrogen and oxygen atoms in total. The smallest absolute Gasteiger partial charge is 0.354 e. The van der Waals surface area contributed by atoms with Crippen LogP contribution in [0.25, 0.3) is 0 Å². The third-order valence-corrected chi connectivity index (χ3v) is 8.82. The van der Waals surface area contributed by atoms with Crippen LogP contribution < -0.4 is 21.3 Å². The first-order valence-corrected chi connectivity index (χ1v) is 15.1. The molecule has 1 saturated heterocycles. The lowest BCUT2D eigenvalue weighted by Crippen LogP contribution is -2.49. The van der Waals surface area contributed by atoms with Crippen LogP contribution in [0.15, 0.2) is 65.6 Å². The molecule has 1 aliphatic heterocycles. The van der Waals surface area contributed by atoms with Crippen molar-refractivity contribution in [3.05, 3.63) is 83.0 Å². The number of benzene rings is 2. The van der Waals surface area contributed by atoms with Crippen LogP contribution in [0.5, 0.6) is 0 Å². The molecule has 4 rings (SSSR count). The van der Waals surface area contributed by atoms with Crippen LogP contribution in [0.2, 0.25) is 0 Å². The summed E-state index contributed by atoms with van der Waals surface area (Å²) >= 11 is 0. The second kappa shape index (κ2) is 14.0. The molecule has 0 spiro atoms. The molecular weight excluding hydrogens is 583 g/mol. The van der Waals surface area contributed by atoms with Crippen molar-refractivity contribution in [1.82, 2.24) is 14.6 Å². The number of rotatable bonds is 11. The van der Waals surface area contributed by atoms with Crippen molar-refractivity contribution < 1.29 is 26.4 Å². The number of aromatic nitrogens is 1. The summed E-state index contributed by atoms with van der Waals surface area (Å²) in [5.41, 5.74) is 6.09. The monoisotopic (exact) mass is 615 g/mol. The van der Waals surface area contributed by atoms with Crippen molar-refractivity contribution >= 4 is 27.4 Å². The van der Waals surface area contributed by atoms with Crippen LogP contribution in [-0.2, 0) is 22.6 Å². The van der Waals surface area contributed by atoms with Gasteiger partial charge in [0.15, 0.2) is 0 Å². The Morgan fingerprint density at radius 3 is 2.28 bits per heavy atom. The van der Waals surface area contributed by atoms with Gasteiger partial charge in [-0.25, -0.2) is 13.4 Å². The summed E-state index contributed by atoms with van der Waals surface area (Å²) in [7, 11) is -3.90. The highest BCUT2D eigenvalue weighted by molar-refractivity contribution is 7.89. The van der Waals surface area contributed by atoms with Gasteiger partial charge in [-0.15, -0.1) is 0 Å². The second-order valence-electron chi connectivity index (χ2n) is 9.92. The van der Waals surface area contributed by atoms with Crippen molar-refractivity contribution in [3.63, 3.8) is 0 Å². The Hall–Kier alpha value is -4.03. The molecule has 1 aliphatic rings. The summed E-state index contributed by atoms with van der Waals surface area (Å²) in [6.07, 6.45) is -2.98. The number of alkyl halides is 3. The van der Waals surface area contributed by atoms with Gasteiger partial charge in [-0.2, -0.15) is 22.7 Å². The molecule has 14 heteroatoms. The van der Waals surface area contributed by atoms with E-state index in [1.54, 1.807) is 18.2 Å². The first-order valence-electron chi connectivity index (χ1n) is 13.7. The van der Waals surface area contributed by atoms with Gasteiger partial charge in [-0.3, -0.25) is 4.79 Å². The Balaban J connectivity index is 1.33. The number of nitrogens with zero attached hydrogens (tertiary/aromatic N) is 4. The van der Waals surface area contributed by atoms with E-state index in [1.165, 1.54) is 39.5 Å². The Labute approximate surface area is 248 Å². The number of hydrogen-bond acceptors (Lipinski definition) is 8. The second-order valence-corrected chi connectivity index (χ2v) is 11.9. The fourth-order valence-electron chi connectivity index (χ4n) is 4.52. The number of piperazine rings is 1. The van der Waals surface area contributed by atoms with Gasteiger partial charge in [0.25, 0.3) is 5.91 Å². The molecule has 1 amide bonds. The van der Waals surface area contributed by atoms with Crippen molar-refractivity contribution in [1.29, 1.82) is 5.26 Å². The fraction of sp³-hybridized carbons (Fsp3) is 0.345. The highest BCUT2D eigenvalue weighted by atomic mass is 32.2. The van der Waals surface area contributed by atoms with E-state index in [2.05, 4.69) is 15.6 Å². The summed E-state index contributed by atoms with van der Waals surface area (Å²) in [4.78, 5) is 17.9. The third kappa shape index (κ3) is 8.29. The van der Waals surface area contributed by atoms with E-state index in [9.17, 15) is 26.4 Å². The maximum absolute atomic E-state index is 13.2. The van der Waals surface area contributed by atoms with Gasteiger partial charge in [-0.1, -0.05) is 12.1 Å². The molecule has 228 valence electrons. The molecule has 43 heavy (non-hydrogen) atoms. The number of anilines is 2. The summed E-state index contributed by atoms with van der Waals surface area (Å²) < 4.78 is 67.4. The lowest BCUT2D eigenvalue weighted by Gasteiger charge is -2.35. The predicted molar refractivity (Wildman–Crippen MR) is 156 cm³/mol. The number of halogens is 3. The molecular formula is C29H32F3N7O3S. The zero-order valence-corrected chi connectivity index (χ0v) is 24.1. The lowest BCUT2D eigenvalue weighted by atomic mass is 10.1. The molecule has 3 aromatic rings. The summed E-state index contributed by atoms with van der Waals surface area (Å²) in [5, 5.41) is 15.2. The topological polar surface area (TPSA) is 144 Å². The molecule has 0 saturated carbocycles. The summed E-state index contributed by atoms with van der Waals surface area (Å²) in [6.45, 7) is 2.53. The molecule has 1 aromatic heterocycles. The molecule has 0 unspecified atom stereocenters. The Bertz CT molecular complexity index is 1550. The molecule has 0 aliphatic carbocycles. The number of carbonyl (C=O) groups excluding carboxylic acids is 1. The lowest BCUT2D eigenvalue weighted by molar-refractivity contribution is -0.141. The minimum Gasteiger partial charge on any atom is -0.354 e. The van der Waals surface area contributed by atoms with E-state index in [0.717, 1.165) is 31.5 Å². The van der Waals surface area contributed by atoms with E-state index in [0.29, 0.717) is 23.9 Å². The Morgan fingerprint density at radius 1 is 1.00 bits per heavy atom. The van der Waals surface area contributed by atoms with Crippen molar-refractivity contribution in [2.45, 2.75) is 23.9 Å². The third-order valence-electron chi connectivity index (χ3n) is 6.91. The number of nitrogens with two attached hydrogens (primary N) is 1. The van der Waals surface area contributed by atoms with E-state index < -0.39 is 21.9 Å². The van der Waals surface area contributed by atoms with Crippen LogP contribution in [-0.4, -0.2) is 69.4 Å². The fourth-order valence-corrected chi connectivity index (χ4v) is 5.94. The number of amides is 1. The van der Waals surface area contributed by atoms with Crippen molar-refractivity contribution in [3.8, 4) is 6.07 Å². The highest BCUT2D eigenvalue weighted by Crippen LogP contribution is 2.31. The minimum absolute atomic E-state index is 0.0143. The SMILES string of the molecule is N#Cc1cc(N2CCN(S(=O)(=O)c3ccc(NC(=O)c4ccc(CCNCCCN)cc4)cc3)CC2)nc(C(F)(F)F)c1. The molecule has 0 bridgehead atoms. The normalized spacial score (nSPS) is 14.3. The molecule has 2 heterocycles. The highest BCUT2D eigenvalue weighted by Gasteiger charge is 2.35. The first-order chi connectivity index (χ1) is 20.5.